The lowest BCUT2D eigenvalue weighted by Crippen LogP contribution is -2.63. The molecule has 2 unspecified atom stereocenters. The minimum Gasteiger partial charge on any atom is -0.378 e. The van der Waals surface area contributed by atoms with Gasteiger partial charge in [-0.05, 0) is 32.7 Å². The predicted octanol–water partition coefficient (Wildman–Crippen LogP) is 2.59. The van der Waals surface area contributed by atoms with Crippen molar-refractivity contribution in [1.82, 2.24) is 4.90 Å². The van der Waals surface area contributed by atoms with Crippen molar-refractivity contribution in [2.75, 3.05) is 19.7 Å². The van der Waals surface area contributed by atoms with Gasteiger partial charge in [0, 0.05) is 31.0 Å². The SMILES string of the molecule is CCCN(C(=O)CCCN)C1CC(OCC)C1(C)C.Cl. The second-order valence-electron chi connectivity index (χ2n) is 6.00. The molecule has 0 aromatic rings. The zero-order chi connectivity index (χ0) is 14.5. The number of rotatable bonds is 8. The second kappa shape index (κ2) is 8.85. The van der Waals surface area contributed by atoms with Crippen molar-refractivity contribution in [3.63, 3.8) is 0 Å². The van der Waals surface area contributed by atoms with Gasteiger partial charge in [0.15, 0.2) is 0 Å². The fourth-order valence-electron chi connectivity index (χ4n) is 2.97. The Bertz CT molecular complexity index is 298. The number of ether oxygens (including phenoxy) is 1. The number of hydrogen-bond donors (Lipinski definition) is 1. The van der Waals surface area contributed by atoms with E-state index in [2.05, 4.69) is 25.7 Å². The summed E-state index contributed by atoms with van der Waals surface area (Å²) in [5, 5.41) is 0. The van der Waals surface area contributed by atoms with Gasteiger partial charge in [0.05, 0.1) is 6.10 Å². The largest absolute Gasteiger partial charge is 0.378 e. The maximum Gasteiger partial charge on any atom is 0.222 e. The first-order valence-electron chi connectivity index (χ1n) is 7.60. The number of nitrogens with two attached hydrogens (primary N) is 1. The van der Waals surface area contributed by atoms with E-state index in [1.165, 1.54) is 0 Å². The Morgan fingerprint density at radius 3 is 2.50 bits per heavy atom. The number of carbonyl (C=O) groups excluding carboxylic acids is 1. The summed E-state index contributed by atoms with van der Waals surface area (Å²) >= 11 is 0. The Labute approximate surface area is 129 Å². The highest BCUT2D eigenvalue weighted by Gasteiger charge is 2.52. The minimum atomic E-state index is 0. The third kappa shape index (κ3) is 4.34. The summed E-state index contributed by atoms with van der Waals surface area (Å²) in [7, 11) is 0. The molecule has 1 amide bonds. The number of amides is 1. The maximum absolute atomic E-state index is 12.3. The zero-order valence-electron chi connectivity index (χ0n) is 13.4. The smallest absolute Gasteiger partial charge is 0.222 e. The van der Waals surface area contributed by atoms with Crippen LogP contribution in [0.2, 0.25) is 0 Å². The van der Waals surface area contributed by atoms with Crippen LogP contribution in [0.1, 0.15) is 53.4 Å². The van der Waals surface area contributed by atoms with Crippen molar-refractivity contribution in [2.24, 2.45) is 11.1 Å². The normalized spacial score (nSPS) is 23.6. The fourth-order valence-corrected chi connectivity index (χ4v) is 2.97. The van der Waals surface area contributed by atoms with Crippen LogP contribution in [0.3, 0.4) is 0 Å². The van der Waals surface area contributed by atoms with Crippen LogP contribution in [0, 0.1) is 5.41 Å². The van der Waals surface area contributed by atoms with Gasteiger partial charge in [0.25, 0.3) is 0 Å². The molecule has 0 spiro atoms. The molecule has 2 N–H and O–H groups in total. The van der Waals surface area contributed by atoms with E-state index in [9.17, 15) is 4.79 Å². The molecule has 0 bridgehead atoms. The molecule has 1 saturated carbocycles. The lowest BCUT2D eigenvalue weighted by Gasteiger charge is -2.55. The summed E-state index contributed by atoms with van der Waals surface area (Å²) in [6, 6.07) is 0.314. The molecule has 0 saturated heterocycles. The van der Waals surface area contributed by atoms with Crippen molar-refractivity contribution in [1.29, 1.82) is 0 Å². The van der Waals surface area contributed by atoms with Crippen LogP contribution >= 0.6 is 12.4 Å². The van der Waals surface area contributed by atoms with Gasteiger partial charge in [-0.15, -0.1) is 12.4 Å². The molecule has 5 heteroatoms. The lowest BCUT2D eigenvalue weighted by atomic mass is 9.63. The van der Waals surface area contributed by atoms with Gasteiger partial charge in [-0.25, -0.2) is 0 Å². The molecule has 0 aliphatic heterocycles. The van der Waals surface area contributed by atoms with Crippen molar-refractivity contribution < 1.29 is 9.53 Å². The molecule has 4 nitrogen and oxygen atoms in total. The van der Waals surface area contributed by atoms with Gasteiger partial charge in [0.2, 0.25) is 5.91 Å². The first kappa shape index (κ1) is 19.7. The molecule has 1 aliphatic rings. The summed E-state index contributed by atoms with van der Waals surface area (Å²) in [5.74, 6) is 0.250. The first-order chi connectivity index (χ1) is 8.98. The average molecular weight is 307 g/mol. The highest BCUT2D eigenvalue weighted by molar-refractivity contribution is 5.85. The molecule has 1 fully saturated rings. The summed E-state index contributed by atoms with van der Waals surface area (Å²) < 4.78 is 5.75. The number of hydrogen-bond acceptors (Lipinski definition) is 3. The molecule has 2 atom stereocenters. The first-order valence-corrected chi connectivity index (χ1v) is 7.60. The Kier molecular flexibility index (Phi) is 8.71. The molecule has 0 aromatic carbocycles. The van der Waals surface area contributed by atoms with E-state index in [1.807, 2.05) is 6.92 Å². The quantitative estimate of drug-likeness (QED) is 0.750. The summed E-state index contributed by atoms with van der Waals surface area (Å²) in [5.41, 5.74) is 5.56. The van der Waals surface area contributed by atoms with Crippen molar-refractivity contribution >= 4 is 18.3 Å². The summed E-state index contributed by atoms with van der Waals surface area (Å²) in [4.78, 5) is 14.4. The van der Waals surface area contributed by atoms with Crippen molar-refractivity contribution in [3.8, 4) is 0 Å². The highest BCUT2D eigenvalue weighted by Crippen LogP contribution is 2.46. The van der Waals surface area contributed by atoms with E-state index in [-0.39, 0.29) is 29.8 Å². The molecule has 1 rings (SSSR count). The second-order valence-corrected chi connectivity index (χ2v) is 6.00. The Morgan fingerprint density at radius 1 is 1.40 bits per heavy atom. The number of nitrogens with zero attached hydrogens (tertiary/aromatic N) is 1. The molecule has 20 heavy (non-hydrogen) atoms. The van der Waals surface area contributed by atoms with Crippen LogP contribution in [0.5, 0.6) is 0 Å². The molecule has 0 heterocycles. The van der Waals surface area contributed by atoms with Crippen molar-refractivity contribution in [2.45, 2.75) is 65.5 Å². The topological polar surface area (TPSA) is 55.6 Å². The van der Waals surface area contributed by atoms with Crippen LogP contribution in [0.25, 0.3) is 0 Å². The molecular weight excluding hydrogens is 276 g/mol. The maximum atomic E-state index is 12.3. The van der Waals surface area contributed by atoms with Gasteiger partial charge in [-0.3, -0.25) is 4.79 Å². The lowest BCUT2D eigenvalue weighted by molar-refractivity contribution is -0.167. The van der Waals surface area contributed by atoms with Gasteiger partial charge in [0.1, 0.15) is 0 Å². The minimum absolute atomic E-state index is 0. The van der Waals surface area contributed by atoms with Gasteiger partial charge >= 0.3 is 0 Å². The van der Waals surface area contributed by atoms with E-state index in [1.54, 1.807) is 0 Å². The third-order valence-corrected chi connectivity index (χ3v) is 4.25. The summed E-state index contributed by atoms with van der Waals surface area (Å²) in [6.07, 6.45) is 3.60. The summed E-state index contributed by atoms with van der Waals surface area (Å²) in [6.45, 7) is 10.7. The molecule has 0 aromatic heterocycles. The average Bonchev–Trinajstić information content (AvgIpc) is 2.38. The van der Waals surface area contributed by atoms with E-state index >= 15 is 0 Å². The predicted molar refractivity (Wildman–Crippen MR) is 85.1 cm³/mol. The zero-order valence-corrected chi connectivity index (χ0v) is 14.2. The Balaban J connectivity index is 0.00000361. The van der Waals surface area contributed by atoms with Gasteiger partial charge in [-0.2, -0.15) is 0 Å². The van der Waals surface area contributed by atoms with E-state index in [4.69, 9.17) is 10.5 Å². The van der Waals surface area contributed by atoms with E-state index in [0.29, 0.717) is 19.0 Å². The van der Waals surface area contributed by atoms with E-state index in [0.717, 1.165) is 32.4 Å². The molecular formula is C15H31ClN2O2. The van der Waals surface area contributed by atoms with Crippen molar-refractivity contribution in [3.05, 3.63) is 0 Å². The van der Waals surface area contributed by atoms with Crippen LogP contribution in [-0.2, 0) is 9.53 Å². The van der Waals surface area contributed by atoms with E-state index < -0.39 is 0 Å². The molecule has 0 radical (unpaired) electrons. The monoisotopic (exact) mass is 306 g/mol. The Hall–Kier alpha value is -0.320. The standard InChI is InChI=1S/C15H30N2O2.ClH/c1-5-10-17(14(18)8-7-9-16)12-11-13(19-6-2)15(12,3)4;/h12-13H,5-11,16H2,1-4H3;1H. The fraction of sp³-hybridized carbons (Fsp3) is 0.933. The molecule has 1 aliphatic carbocycles. The van der Waals surface area contributed by atoms with Crippen LogP contribution in [-0.4, -0.2) is 42.6 Å². The van der Waals surface area contributed by atoms with Crippen LogP contribution < -0.4 is 5.73 Å². The number of carbonyl (C=O) groups is 1. The number of halogens is 1. The highest BCUT2D eigenvalue weighted by atomic mass is 35.5. The van der Waals surface area contributed by atoms with Crippen LogP contribution in [0.15, 0.2) is 0 Å². The van der Waals surface area contributed by atoms with Gasteiger partial charge in [-0.1, -0.05) is 20.8 Å². The van der Waals surface area contributed by atoms with Gasteiger partial charge < -0.3 is 15.4 Å². The third-order valence-electron chi connectivity index (χ3n) is 4.25. The Morgan fingerprint density at radius 2 is 2.05 bits per heavy atom. The molecule has 120 valence electrons. The van der Waals surface area contributed by atoms with Crippen LogP contribution in [0.4, 0.5) is 0 Å².